The molecule has 1 heterocycles. The third-order valence-corrected chi connectivity index (χ3v) is 2.37. The van der Waals surface area contributed by atoms with E-state index < -0.39 is 0 Å². The van der Waals surface area contributed by atoms with Crippen molar-refractivity contribution in [1.82, 2.24) is 14.9 Å². The maximum atomic E-state index is 11.6. The van der Waals surface area contributed by atoms with Crippen molar-refractivity contribution in [2.24, 2.45) is 0 Å². The molecule has 0 aliphatic carbocycles. The van der Waals surface area contributed by atoms with Gasteiger partial charge >= 0.3 is 0 Å². The van der Waals surface area contributed by atoms with E-state index in [-0.39, 0.29) is 11.3 Å². The van der Waals surface area contributed by atoms with Gasteiger partial charge in [0.2, 0.25) is 5.16 Å². The van der Waals surface area contributed by atoms with Crippen LogP contribution in [0.15, 0.2) is 16.5 Å². The lowest BCUT2D eigenvalue weighted by atomic mass is 10.3. The summed E-state index contributed by atoms with van der Waals surface area (Å²) in [7, 11) is 0. The second-order valence-corrected chi connectivity index (χ2v) is 3.95. The normalized spacial score (nSPS) is 10.1. The molecule has 5 nitrogen and oxygen atoms in total. The summed E-state index contributed by atoms with van der Waals surface area (Å²) in [6, 6.07) is 0. The van der Waals surface area contributed by atoms with Crippen molar-refractivity contribution in [3.05, 3.63) is 22.6 Å². The Kier molecular flexibility index (Phi) is 3.29. The van der Waals surface area contributed by atoms with Crippen molar-refractivity contribution in [2.45, 2.75) is 19.0 Å². The highest BCUT2D eigenvalue weighted by Crippen LogP contribution is 2.10. The van der Waals surface area contributed by atoms with Crippen molar-refractivity contribution in [2.75, 3.05) is 11.6 Å². The average Bonchev–Trinajstić information content (AvgIpc) is 2.13. The van der Waals surface area contributed by atoms with Crippen molar-refractivity contribution in [3.8, 4) is 0 Å². The van der Waals surface area contributed by atoms with Crippen LogP contribution < -0.4 is 11.4 Å². The summed E-state index contributed by atoms with van der Waals surface area (Å²) < 4.78 is 1.01. The Balaban J connectivity index is 3.26. The number of hydrogen-bond acceptors (Lipinski definition) is 5. The molecule has 1 aromatic heterocycles. The largest absolute Gasteiger partial charge is 0.334 e. The van der Waals surface area contributed by atoms with Gasteiger partial charge in [0.1, 0.15) is 0 Å². The topological polar surface area (TPSA) is 73.8 Å². The third kappa shape index (κ3) is 1.95. The molecule has 0 saturated heterocycles. The summed E-state index contributed by atoms with van der Waals surface area (Å²) in [5.41, 5.74) is 0.422. The maximum Gasteiger partial charge on any atom is 0.299 e. The summed E-state index contributed by atoms with van der Waals surface area (Å²) in [5, 5.41) is 8.03. The summed E-state index contributed by atoms with van der Waals surface area (Å²) in [6.45, 7) is 7.27. The number of allylic oxidation sites excluding steroid dienone is 1. The van der Waals surface area contributed by atoms with Crippen LogP contribution in [0.3, 0.4) is 0 Å². The molecule has 0 unspecified atom stereocenters. The summed E-state index contributed by atoms with van der Waals surface area (Å²) in [5.74, 6) is 6.34. The van der Waals surface area contributed by atoms with E-state index in [1.54, 1.807) is 6.92 Å². The van der Waals surface area contributed by atoms with Crippen LogP contribution in [0.25, 0.3) is 5.57 Å². The van der Waals surface area contributed by atoms with Gasteiger partial charge in [0, 0.05) is 0 Å². The molecular weight excluding hydrogens is 200 g/mol. The Hall–Kier alpha value is -1.30. The molecule has 1 aromatic rings. The average molecular weight is 212 g/mol. The molecular formula is C8H12N4OS. The molecule has 0 atom stereocenters. The van der Waals surface area contributed by atoms with Gasteiger partial charge in [0.05, 0.1) is 0 Å². The van der Waals surface area contributed by atoms with Crippen LogP contribution in [-0.4, -0.2) is 20.6 Å². The molecule has 1 rings (SSSR count). The minimum Gasteiger partial charge on any atom is -0.334 e. The molecule has 14 heavy (non-hydrogen) atoms. The summed E-state index contributed by atoms with van der Waals surface area (Å²) in [4.78, 5) is 11.6. The van der Waals surface area contributed by atoms with Crippen LogP contribution in [0.1, 0.15) is 19.5 Å². The standard InChI is InChI=1S/C8H12N4OS/c1-4-14-8-11-10-6(5(2)3)7(13)12(8)9/h2,4,9H2,1,3H3. The Bertz CT molecular complexity index is 412. The third-order valence-electron chi connectivity index (χ3n) is 1.54. The van der Waals surface area contributed by atoms with Crippen LogP contribution in [0, 0.1) is 0 Å². The Morgan fingerprint density at radius 2 is 2.29 bits per heavy atom. The highest BCUT2D eigenvalue weighted by Gasteiger charge is 2.09. The van der Waals surface area contributed by atoms with Gasteiger partial charge in [-0.25, -0.2) is 0 Å². The molecule has 76 valence electrons. The number of hydrogen-bond donors (Lipinski definition) is 1. The maximum absolute atomic E-state index is 11.6. The lowest BCUT2D eigenvalue weighted by molar-refractivity contribution is 0.692. The fourth-order valence-corrected chi connectivity index (χ4v) is 1.46. The van der Waals surface area contributed by atoms with Crippen LogP contribution in [0.2, 0.25) is 0 Å². The smallest absolute Gasteiger partial charge is 0.299 e. The first kappa shape index (κ1) is 10.8. The minimum atomic E-state index is -0.358. The zero-order valence-electron chi connectivity index (χ0n) is 8.15. The fraction of sp³-hybridized carbons (Fsp3) is 0.375. The second-order valence-electron chi connectivity index (χ2n) is 2.72. The van der Waals surface area contributed by atoms with Gasteiger partial charge in [-0.2, -0.15) is 4.68 Å². The van der Waals surface area contributed by atoms with E-state index >= 15 is 0 Å². The highest BCUT2D eigenvalue weighted by atomic mass is 32.2. The molecule has 2 N–H and O–H groups in total. The van der Waals surface area contributed by atoms with Crippen LogP contribution >= 0.6 is 11.8 Å². The van der Waals surface area contributed by atoms with Gasteiger partial charge in [0.15, 0.2) is 5.69 Å². The first-order valence-electron chi connectivity index (χ1n) is 4.11. The molecule has 6 heteroatoms. The Morgan fingerprint density at radius 1 is 1.64 bits per heavy atom. The quantitative estimate of drug-likeness (QED) is 0.583. The predicted molar refractivity (Wildman–Crippen MR) is 57.5 cm³/mol. The fourth-order valence-electron chi connectivity index (χ4n) is 0.880. The predicted octanol–water partition coefficient (Wildman–Crippen LogP) is 0.497. The minimum absolute atomic E-state index is 0.216. The zero-order chi connectivity index (χ0) is 10.7. The van der Waals surface area contributed by atoms with E-state index in [2.05, 4.69) is 16.8 Å². The molecule has 0 bridgehead atoms. The number of nitrogens with zero attached hydrogens (tertiary/aromatic N) is 3. The van der Waals surface area contributed by atoms with Gasteiger partial charge in [-0.1, -0.05) is 25.3 Å². The molecule has 0 saturated carbocycles. The number of rotatable bonds is 3. The zero-order valence-corrected chi connectivity index (χ0v) is 8.97. The van der Waals surface area contributed by atoms with E-state index in [1.165, 1.54) is 11.8 Å². The van der Waals surface area contributed by atoms with Gasteiger partial charge in [-0.15, -0.1) is 10.2 Å². The summed E-state index contributed by atoms with van der Waals surface area (Å²) >= 11 is 1.37. The van der Waals surface area contributed by atoms with Crippen LogP contribution in [-0.2, 0) is 0 Å². The summed E-state index contributed by atoms with van der Waals surface area (Å²) in [6.07, 6.45) is 0. The van der Waals surface area contributed by atoms with Gasteiger partial charge < -0.3 is 5.84 Å². The molecule has 0 spiro atoms. The lowest BCUT2D eigenvalue weighted by Crippen LogP contribution is -2.33. The first-order chi connectivity index (χ1) is 6.57. The van der Waals surface area contributed by atoms with Crippen LogP contribution in [0.4, 0.5) is 0 Å². The Labute approximate surface area is 86.0 Å². The molecule has 0 aliphatic rings. The number of nitrogen functional groups attached to an aromatic ring is 1. The first-order valence-corrected chi connectivity index (χ1v) is 5.10. The number of nitrogens with two attached hydrogens (primary N) is 1. The molecule has 0 amide bonds. The van der Waals surface area contributed by atoms with Gasteiger partial charge in [0.25, 0.3) is 5.56 Å². The SMILES string of the molecule is C=C(C)c1nnc(SCC)n(N)c1=O. The monoisotopic (exact) mass is 212 g/mol. The number of aromatic nitrogens is 3. The molecule has 0 radical (unpaired) electrons. The Morgan fingerprint density at radius 3 is 2.79 bits per heavy atom. The lowest BCUT2D eigenvalue weighted by Gasteiger charge is -2.05. The second kappa shape index (κ2) is 4.28. The molecule has 0 fully saturated rings. The van der Waals surface area contributed by atoms with E-state index in [1.807, 2.05) is 6.92 Å². The van der Waals surface area contributed by atoms with Crippen molar-refractivity contribution < 1.29 is 0 Å². The highest BCUT2D eigenvalue weighted by molar-refractivity contribution is 7.99. The van der Waals surface area contributed by atoms with Gasteiger partial charge in [-0.05, 0) is 18.2 Å². The van der Waals surface area contributed by atoms with E-state index in [9.17, 15) is 4.79 Å². The van der Waals surface area contributed by atoms with E-state index in [0.29, 0.717) is 10.7 Å². The van der Waals surface area contributed by atoms with Gasteiger partial charge in [-0.3, -0.25) is 4.79 Å². The van der Waals surface area contributed by atoms with Crippen molar-refractivity contribution in [1.29, 1.82) is 0 Å². The van der Waals surface area contributed by atoms with E-state index in [0.717, 1.165) is 10.4 Å². The van der Waals surface area contributed by atoms with Crippen molar-refractivity contribution in [3.63, 3.8) is 0 Å². The van der Waals surface area contributed by atoms with Crippen LogP contribution in [0.5, 0.6) is 0 Å². The number of thioether (sulfide) groups is 1. The molecule has 0 aromatic carbocycles. The van der Waals surface area contributed by atoms with Crippen molar-refractivity contribution >= 4 is 17.3 Å². The van der Waals surface area contributed by atoms with E-state index in [4.69, 9.17) is 5.84 Å². The molecule has 0 aliphatic heterocycles.